The molecule has 178 valence electrons. The summed E-state index contributed by atoms with van der Waals surface area (Å²) in [5.74, 6) is 0.691. The monoisotopic (exact) mass is 461 g/mol. The lowest BCUT2D eigenvalue weighted by atomic mass is 9.49. The van der Waals surface area contributed by atoms with Crippen LogP contribution in [0.2, 0.25) is 0 Å². The molecule has 0 N–H and O–H groups in total. The number of hydrogen-bond acceptors (Lipinski definition) is 5. The number of hydrogen-bond donors (Lipinski definition) is 0. The van der Waals surface area contributed by atoms with Crippen LogP contribution in [0, 0.1) is 23.2 Å². The van der Waals surface area contributed by atoms with Crippen molar-refractivity contribution < 1.29 is 22.8 Å². The van der Waals surface area contributed by atoms with Gasteiger partial charge in [0.25, 0.3) is 0 Å². The second-order valence-electron chi connectivity index (χ2n) is 11.4. The quantitative estimate of drug-likeness (QED) is 0.618. The Hall–Kier alpha value is -2.25. The number of carbonyl (C=O) groups is 1. The van der Waals surface area contributed by atoms with Crippen LogP contribution in [-0.4, -0.2) is 40.8 Å². The molecule has 0 spiro atoms. The average Bonchev–Trinajstić information content (AvgIpc) is 3.11. The zero-order valence-electron chi connectivity index (χ0n) is 18.9. The zero-order chi connectivity index (χ0) is 23.0. The fraction of sp³-hybridized carbons (Fsp3) is 0.680. The van der Waals surface area contributed by atoms with Gasteiger partial charge in [0.05, 0.1) is 0 Å². The van der Waals surface area contributed by atoms with E-state index in [1.165, 1.54) is 24.8 Å². The molecule has 8 heteroatoms. The van der Waals surface area contributed by atoms with Crippen LogP contribution in [-0.2, 0) is 15.0 Å². The van der Waals surface area contributed by atoms with Crippen LogP contribution in [0.1, 0.15) is 63.9 Å². The molecule has 4 aliphatic carbocycles. The number of rotatable bonds is 3. The van der Waals surface area contributed by atoms with Crippen LogP contribution in [0.25, 0.3) is 0 Å². The first-order valence-electron chi connectivity index (χ1n) is 12.1. The van der Waals surface area contributed by atoms with Gasteiger partial charge < -0.3 is 9.74 Å². The molecule has 0 radical (unpaired) electrons. The number of nitrogens with zero attached hydrogens (tertiary/aromatic N) is 3. The highest BCUT2D eigenvalue weighted by atomic mass is 19.4. The Balaban J connectivity index is 1.36. The van der Waals surface area contributed by atoms with Crippen molar-refractivity contribution in [3.05, 3.63) is 35.9 Å². The van der Waals surface area contributed by atoms with E-state index in [4.69, 9.17) is 4.84 Å². The molecular weight excluding hydrogens is 431 g/mol. The van der Waals surface area contributed by atoms with E-state index in [-0.39, 0.29) is 10.8 Å². The summed E-state index contributed by atoms with van der Waals surface area (Å²) in [5, 5.41) is 5.65. The summed E-state index contributed by atoms with van der Waals surface area (Å²) in [6.45, 7) is 2.88. The van der Waals surface area contributed by atoms with E-state index >= 15 is 0 Å². The molecule has 33 heavy (non-hydrogen) atoms. The third kappa shape index (κ3) is 3.43. The number of piperidine rings is 1. The minimum atomic E-state index is -5.04. The SMILES string of the molecule is CC1(c2ccccc2)CCC2N(OC(=O)C(F)(F)F)N=C(C34CC5CC(CC(C5)C3)C4)N2C1. The van der Waals surface area contributed by atoms with E-state index in [1.807, 2.05) is 18.2 Å². The minimum absolute atomic E-state index is 0.110. The second-order valence-corrected chi connectivity index (χ2v) is 11.4. The van der Waals surface area contributed by atoms with Gasteiger partial charge in [-0.15, -0.1) is 5.10 Å². The van der Waals surface area contributed by atoms with Crippen molar-refractivity contribution in [1.82, 2.24) is 10.1 Å². The van der Waals surface area contributed by atoms with Crippen LogP contribution in [0.5, 0.6) is 0 Å². The Morgan fingerprint density at radius 3 is 2.24 bits per heavy atom. The average molecular weight is 462 g/mol. The lowest BCUT2D eigenvalue weighted by molar-refractivity contribution is -0.252. The van der Waals surface area contributed by atoms with E-state index in [2.05, 4.69) is 29.1 Å². The zero-order valence-corrected chi connectivity index (χ0v) is 18.9. The van der Waals surface area contributed by atoms with Crippen LogP contribution in [0.4, 0.5) is 13.2 Å². The number of benzene rings is 1. The minimum Gasteiger partial charge on any atom is -0.332 e. The first-order chi connectivity index (χ1) is 15.7. The van der Waals surface area contributed by atoms with Gasteiger partial charge in [0.2, 0.25) is 0 Å². The summed E-state index contributed by atoms with van der Waals surface area (Å²) in [5.41, 5.74) is 0.964. The Bertz CT molecular complexity index is 944. The molecule has 2 heterocycles. The van der Waals surface area contributed by atoms with Gasteiger partial charge in [0, 0.05) is 17.4 Å². The van der Waals surface area contributed by atoms with Gasteiger partial charge in [0.15, 0.2) is 6.17 Å². The Morgan fingerprint density at radius 2 is 1.67 bits per heavy atom. The highest BCUT2D eigenvalue weighted by molar-refractivity contribution is 5.90. The fourth-order valence-electron chi connectivity index (χ4n) is 7.92. The molecule has 0 aromatic heterocycles. The molecule has 2 atom stereocenters. The predicted molar refractivity (Wildman–Crippen MR) is 116 cm³/mol. The number of carbonyl (C=O) groups excluding carboxylic acids is 1. The molecule has 1 aromatic carbocycles. The van der Waals surface area contributed by atoms with Crippen molar-refractivity contribution in [2.45, 2.75) is 76.0 Å². The van der Waals surface area contributed by atoms with Gasteiger partial charge >= 0.3 is 12.1 Å². The molecule has 1 aromatic rings. The fourth-order valence-corrected chi connectivity index (χ4v) is 7.92. The van der Waals surface area contributed by atoms with Gasteiger partial charge in [-0.25, -0.2) is 4.79 Å². The molecular formula is C25H30F3N3O2. The summed E-state index contributed by atoms with van der Waals surface area (Å²) in [6.07, 6.45) is 2.78. The standard InChI is InChI=1S/C25H30F3N3O2/c1-23(19-5-3-2-4-6-19)8-7-20-30(15-23)21(29-31(20)33-22(32)25(26,27)28)24-12-16-9-17(13-24)11-18(10-16)14-24/h2-6,16-18,20H,7-15H2,1H3. The van der Waals surface area contributed by atoms with E-state index in [0.29, 0.717) is 30.7 Å². The molecule has 5 nitrogen and oxygen atoms in total. The van der Waals surface area contributed by atoms with Crippen LogP contribution < -0.4 is 0 Å². The third-order valence-corrected chi connectivity index (χ3v) is 8.94. The third-order valence-electron chi connectivity index (χ3n) is 8.94. The van der Waals surface area contributed by atoms with Crippen molar-refractivity contribution >= 4 is 11.8 Å². The molecule has 2 unspecified atom stereocenters. The van der Waals surface area contributed by atoms with E-state index in [9.17, 15) is 18.0 Å². The second kappa shape index (κ2) is 7.12. The maximum atomic E-state index is 13.0. The van der Waals surface area contributed by atoms with Crippen LogP contribution >= 0.6 is 0 Å². The smallest absolute Gasteiger partial charge is 0.332 e. The predicted octanol–water partition coefficient (Wildman–Crippen LogP) is 5.23. The molecule has 7 rings (SSSR count). The van der Waals surface area contributed by atoms with E-state index < -0.39 is 18.3 Å². The first kappa shape index (κ1) is 21.3. The summed E-state index contributed by atoms with van der Waals surface area (Å²) < 4.78 is 39.1. The number of halogens is 3. The van der Waals surface area contributed by atoms with Gasteiger partial charge in [-0.3, -0.25) is 0 Å². The van der Waals surface area contributed by atoms with Crippen molar-refractivity contribution in [2.75, 3.05) is 6.54 Å². The lowest BCUT2D eigenvalue weighted by Crippen LogP contribution is -2.59. The molecule has 4 saturated carbocycles. The number of hydrazone groups is 1. The van der Waals surface area contributed by atoms with Crippen molar-refractivity contribution in [1.29, 1.82) is 0 Å². The molecule has 4 bridgehead atoms. The lowest BCUT2D eigenvalue weighted by Gasteiger charge is -2.58. The van der Waals surface area contributed by atoms with Crippen LogP contribution in [0.3, 0.4) is 0 Å². The number of fused-ring (bicyclic) bond motifs is 1. The van der Waals surface area contributed by atoms with Gasteiger partial charge in [0.1, 0.15) is 5.84 Å². The summed E-state index contributed by atoms with van der Waals surface area (Å²) >= 11 is 0. The van der Waals surface area contributed by atoms with Crippen molar-refractivity contribution in [2.24, 2.45) is 28.3 Å². The Morgan fingerprint density at radius 1 is 1.06 bits per heavy atom. The largest absolute Gasteiger partial charge is 0.493 e. The molecule has 5 fully saturated rings. The van der Waals surface area contributed by atoms with Crippen molar-refractivity contribution in [3.63, 3.8) is 0 Å². The molecule has 0 amide bonds. The van der Waals surface area contributed by atoms with Gasteiger partial charge in [-0.2, -0.15) is 13.2 Å². The highest BCUT2D eigenvalue weighted by Crippen LogP contribution is 2.62. The molecule has 1 saturated heterocycles. The normalized spacial score (nSPS) is 39.5. The Kier molecular flexibility index (Phi) is 4.60. The van der Waals surface area contributed by atoms with Crippen LogP contribution in [0.15, 0.2) is 35.4 Å². The summed E-state index contributed by atoms with van der Waals surface area (Å²) in [7, 11) is 0. The van der Waals surface area contributed by atoms with Gasteiger partial charge in [-0.1, -0.05) is 42.4 Å². The Labute approximate surface area is 191 Å². The summed E-state index contributed by atoms with van der Waals surface area (Å²) in [4.78, 5) is 18.8. The maximum Gasteiger partial charge on any atom is 0.493 e. The van der Waals surface area contributed by atoms with Crippen molar-refractivity contribution in [3.8, 4) is 0 Å². The number of amidine groups is 1. The molecule has 6 aliphatic rings. The van der Waals surface area contributed by atoms with E-state index in [0.717, 1.165) is 36.7 Å². The molecule has 2 aliphatic heterocycles. The summed E-state index contributed by atoms with van der Waals surface area (Å²) in [6, 6.07) is 10.3. The maximum absolute atomic E-state index is 13.0. The first-order valence-corrected chi connectivity index (χ1v) is 12.1. The van der Waals surface area contributed by atoms with Gasteiger partial charge in [-0.05, 0) is 74.7 Å². The topological polar surface area (TPSA) is 45.1 Å². The highest BCUT2D eigenvalue weighted by Gasteiger charge is 2.59. The number of alkyl halides is 3. The van der Waals surface area contributed by atoms with E-state index in [1.54, 1.807) is 0 Å². The number of hydroxylamine groups is 1.